The van der Waals surface area contributed by atoms with E-state index in [1.54, 1.807) is 43.5 Å². The van der Waals surface area contributed by atoms with Crippen LogP contribution in [0.3, 0.4) is 0 Å². The topological polar surface area (TPSA) is 125 Å². The van der Waals surface area contributed by atoms with Crippen molar-refractivity contribution in [2.45, 2.75) is 59.2 Å². The molecule has 0 aliphatic heterocycles. The lowest BCUT2D eigenvalue weighted by Crippen LogP contribution is -2.33. The predicted molar refractivity (Wildman–Crippen MR) is 187 cm³/mol. The lowest BCUT2D eigenvalue weighted by atomic mass is 9.72. The summed E-state index contributed by atoms with van der Waals surface area (Å²) < 4.78 is 5.16. The van der Waals surface area contributed by atoms with E-state index in [0.717, 1.165) is 40.8 Å². The second kappa shape index (κ2) is 15.4. The Morgan fingerprint density at radius 1 is 0.938 bits per heavy atom. The number of ether oxygens (including phenoxy) is 1. The van der Waals surface area contributed by atoms with Gasteiger partial charge in [-0.3, -0.25) is 14.5 Å². The Balaban J connectivity index is 1.19. The number of allylic oxidation sites excluding steroid dienone is 2. The zero-order valence-corrected chi connectivity index (χ0v) is 28.0. The molecule has 1 heterocycles. The van der Waals surface area contributed by atoms with Crippen molar-refractivity contribution in [3.8, 4) is 17.1 Å². The molecule has 0 saturated carbocycles. The highest BCUT2D eigenvalue weighted by Crippen LogP contribution is 2.39. The van der Waals surface area contributed by atoms with Crippen molar-refractivity contribution in [3.05, 3.63) is 114 Å². The third kappa shape index (κ3) is 9.14. The van der Waals surface area contributed by atoms with Crippen molar-refractivity contribution in [1.82, 2.24) is 14.9 Å². The summed E-state index contributed by atoms with van der Waals surface area (Å²) in [6.45, 7) is 6.76. The van der Waals surface area contributed by atoms with Gasteiger partial charge in [0.1, 0.15) is 12.0 Å². The highest BCUT2D eigenvalue weighted by molar-refractivity contribution is 5.92. The van der Waals surface area contributed by atoms with Crippen molar-refractivity contribution in [2.24, 2.45) is 11.3 Å². The molecular weight excluding hydrogens is 604 g/mol. The van der Waals surface area contributed by atoms with E-state index in [9.17, 15) is 19.8 Å². The first kappa shape index (κ1) is 34.5. The molecule has 0 fully saturated rings. The number of aliphatic carboxylic acids is 1. The van der Waals surface area contributed by atoms with Crippen LogP contribution >= 0.6 is 0 Å². The van der Waals surface area contributed by atoms with E-state index in [1.165, 1.54) is 16.9 Å². The first-order valence-electron chi connectivity index (χ1n) is 16.3. The summed E-state index contributed by atoms with van der Waals surface area (Å²) in [5, 5.41) is 23.6. The number of amides is 1. The minimum Gasteiger partial charge on any atom is -0.497 e. The van der Waals surface area contributed by atoms with E-state index >= 15 is 0 Å². The zero-order valence-electron chi connectivity index (χ0n) is 28.0. The van der Waals surface area contributed by atoms with Gasteiger partial charge in [0, 0.05) is 35.8 Å². The van der Waals surface area contributed by atoms with E-state index in [4.69, 9.17) is 4.74 Å². The van der Waals surface area contributed by atoms with Gasteiger partial charge in [-0.2, -0.15) is 0 Å². The van der Waals surface area contributed by atoms with Crippen LogP contribution in [0, 0.1) is 11.3 Å². The van der Waals surface area contributed by atoms with Crippen molar-refractivity contribution in [2.75, 3.05) is 19.0 Å². The van der Waals surface area contributed by atoms with Gasteiger partial charge in [-0.15, -0.1) is 0 Å². The molecule has 3 aromatic carbocycles. The molecule has 0 radical (unpaired) electrons. The molecule has 0 saturated heterocycles. The SMILES string of the molecule is COc1ccc(CC(=O)Nc2ccc(C(O)N(CC(=O)O)Cc3ccc(-c4ncc(C5=CCC(C(C)(C)C)CC5)cn4)cc3)cc2)cc1. The number of rotatable bonds is 12. The van der Waals surface area contributed by atoms with Crippen LogP contribution in [0.15, 0.2) is 91.3 Å². The summed E-state index contributed by atoms with van der Waals surface area (Å²) >= 11 is 0. The smallest absolute Gasteiger partial charge is 0.317 e. The fraction of sp³-hybridized carbons (Fsp3) is 0.333. The molecule has 1 aromatic heterocycles. The van der Waals surface area contributed by atoms with Crippen molar-refractivity contribution in [3.63, 3.8) is 0 Å². The Morgan fingerprint density at radius 2 is 1.58 bits per heavy atom. The number of hydrogen-bond acceptors (Lipinski definition) is 7. The predicted octanol–water partition coefficient (Wildman–Crippen LogP) is 7.14. The molecule has 250 valence electrons. The molecule has 0 spiro atoms. The zero-order chi connectivity index (χ0) is 34.3. The van der Waals surface area contributed by atoms with E-state index in [-0.39, 0.29) is 25.4 Å². The van der Waals surface area contributed by atoms with Crippen molar-refractivity contribution >= 4 is 23.1 Å². The van der Waals surface area contributed by atoms with Crippen LogP contribution < -0.4 is 10.1 Å². The number of aromatic nitrogens is 2. The minimum absolute atomic E-state index is 0.179. The molecule has 9 nitrogen and oxygen atoms in total. The lowest BCUT2D eigenvalue weighted by molar-refractivity contribution is -0.142. The number of carboxylic acid groups (broad SMARTS) is 1. The van der Waals surface area contributed by atoms with Gasteiger partial charge in [-0.05, 0) is 77.1 Å². The monoisotopic (exact) mass is 648 g/mol. The van der Waals surface area contributed by atoms with Crippen LogP contribution in [0.25, 0.3) is 17.0 Å². The van der Waals surface area contributed by atoms with Gasteiger partial charge in [0.2, 0.25) is 5.91 Å². The normalized spacial score (nSPS) is 15.5. The number of aliphatic hydroxyl groups excluding tert-OH is 1. The molecule has 2 atom stereocenters. The van der Waals surface area contributed by atoms with Gasteiger partial charge in [-0.25, -0.2) is 9.97 Å². The minimum atomic E-state index is -1.17. The summed E-state index contributed by atoms with van der Waals surface area (Å²) in [4.78, 5) is 35.0. The Labute approximate surface area is 282 Å². The molecule has 5 rings (SSSR count). The van der Waals surface area contributed by atoms with Crippen LogP contribution in [-0.2, 0) is 22.6 Å². The molecule has 2 unspecified atom stereocenters. The van der Waals surface area contributed by atoms with Crippen LogP contribution in [0.2, 0.25) is 0 Å². The number of carbonyl (C=O) groups excluding carboxylic acids is 1. The average Bonchev–Trinajstić information content (AvgIpc) is 3.08. The molecule has 48 heavy (non-hydrogen) atoms. The van der Waals surface area contributed by atoms with Gasteiger partial charge < -0.3 is 20.3 Å². The fourth-order valence-electron chi connectivity index (χ4n) is 6.01. The number of hydrogen-bond donors (Lipinski definition) is 3. The highest BCUT2D eigenvalue weighted by Gasteiger charge is 2.26. The molecule has 3 N–H and O–H groups in total. The second-order valence-corrected chi connectivity index (χ2v) is 13.4. The Hall–Kier alpha value is -4.86. The van der Waals surface area contributed by atoms with Crippen LogP contribution in [0.5, 0.6) is 5.75 Å². The molecular formula is C39H44N4O5. The van der Waals surface area contributed by atoms with Crippen molar-refractivity contribution < 1.29 is 24.5 Å². The highest BCUT2D eigenvalue weighted by atomic mass is 16.5. The molecule has 4 aromatic rings. The number of benzene rings is 3. The third-order valence-corrected chi connectivity index (χ3v) is 8.96. The quantitative estimate of drug-likeness (QED) is 0.139. The van der Waals surface area contributed by atoms with E-state index in [1.807, 2.05) is 48.8 Å². The number of carbonyl (C=O) groups is 2. The first-order valence-corrected chi connectivity index (χ1v) is 16.3. The van der Waals surface area contributed by atoms with Crippen LogP contribution in [-0.4, -0.2) is 50.6 Å². The molecule has 1 amide bonds. The summed E-state index contributed by atoms with van der Waals surface area (Å²) in [5.41, 5.74) is 6.29. The third-order valence-electron chi connectivity index (χ3n) is 8.96. The van der Waals surface area contributed by atoms with Gasteiger partial charge in [0.25, 0.3) is 0 Å². The van der Waals surface area contributed by atoms with Gasteiger partial charge >= 0.3 is 5.97 Å². The second-order valence-electron chi connectivity index (χ2n) is 13.4. The largest absolute Gasteiger partial charge is 0.497 e. The first-order chi connectivity index (χ1) is 23.0. The maximum Gasteiger partial charge on any atom is 0.317 e. The number of carboxylic acids is 1. The number of nitrogens with one attached hydrogen (secondary N) is 1. The molecule has 1 aliphatic carbocycles. The Morgan fingerprint density at radius 3 is 2.15 bits per heavy atom. The van der Waals surface area contributed by atoms with Crippen molar-refractivity contribution in [1.29, 1.82) is 0 Å². The number of methoxy groups -OCH3 is 1. The van der Waals surface area contributed by atoms with Crippen LogP contribution in [0.4, 0.5) is 5.69 Å². The number of nitrogens with zero attached hydrogens (tertiary/aromatic N) is 3. The summed E-state index contributed by atoms with van der Waals surface area (Å²) in [7, 11) is 1.59. The number of aliphatic hydroxyl groups is 1. The average molecular weight is 649 g/mol. The van der Waals surface area contributed by atoms with Crippen LogP contribution in [0.1, 0.15) is 68.5 Å². The van der Waals surface area contributed by atoms with E-state index in [2.05, 4.69) is 42.1 Å². The van der Waals surface area contributed by atoms with E-state index in [0.29, 0.717) is 28.4 Å². The summed E-state index contributed by atoms with van der Waals surface area (Å²) in [5.74, 6) is 0.794. The maximum atomic E-state index is 12.5. The lowest BCUT2D eigenvalue weighted by Gasteiger charge is -2.33. The summed E-state index contributed by atoms with van der Waals surface area (Å²) in [6.07, 6.45) is 8.42. The molecule has 0 bridgehead atoms. The fourth-order valence-corrected chi connectivity index (χ4v) is 6.01. The number of anilines is 1. The van der Waals surface area contributed by atoms with E-state index < -0.39 is 12.2 Å². The molecule has 1 aliphatic rings. The molecule has 9 heteroatoms. The summed E-state index contributed by atoms with van der Waals surface area (Å²) in [6, 6.07) is 21.6. The van der Waals surface area contributed by atoms with Gasteiger partial charge in [0.15, 0.2) is 5.82 Å². The Kier molecular flexibility index (Phi) is 11.0. The maximum absolute atomic E-state index is 12.5. The van der Waals surface area contributed by atoms with Gasteiger partial charge in [0.05, 0.1) is 20.1 Å². The standard InChI is InChI=1S/C39H44N4O5/c1-39(2,3)32-15-11-28(12-16-32)31-22-40-37(41-23-31)29-9-5-27(6-10-29)24-43(25-36(45)46)38(47)30-13-17-33(18-14-30)42-35(44)21-26-7-19-34(48-4)20-8-26/h5-11,13-14,17-20,22-23,32,38,47H,12,15-16,21,24-25H2,1-4H3,(H,42,44)(H,45,46). The van der Waals surface area contributed by atoms with Gasteiger partial charge in [-0.1, -0.05) is 75.4 Å². The Bertz CT molecular complexity index is 1710.